The van der Waals surface area contributed by atoms with Crippen LogP contribution in [0.3, 0.4) is 0 Å². The van der Waals surface area contributed by atoms with Crippen LogP contribution in [-0.2, 0) is 10.8 Å². The number of anilines is 6. The maximum absolute atomic E-state index is 2.55. The minimum atomic E-state index is -0.259. The number of rotatable bonds is 6. The van der Waals surface area contributed by atoms with Crippen LogP contribution in [0.5, 0.6) is 0 Å². The van der Waals surface area contributed by atoms with Gasteiger partial charge in [0, 0.05) is 45.0 Å². The molecule has 2 aliphatic heterocycles. The monoisotopic (exact) mass is 656 g/mol. The Morgan fingerprint density at radius 3 is 1.35 bits per heavy atom. The molecule has 0 radical (unpaired) electrons. The highest BCUT2D eigenvalue weighted by Crippen LogP contribution is 2.48. The second kappa shape index (κ2) is 11.9. The molecule has 7 aromatic rings. The molecule has 2 nitrogen and oxygen atoms in total. The molecule has 0 fully saturated rings. The Morgan fingerprint density at radius 1 is 0.373 bits per heavy atom. The highest BCUT2D eigenvalue weighted by atomic mass is 15.2. The summed E-state index contributed by atoms with van der Waals surface area (Å²) in [5.74, 6) is 0. The number of hydrogen-bond acceptors (Lipinski definition) is 2. The van der Waals surface area contributed by atoms with Crippen molar-refractivity contribution in [1.29, 1.82) is 0 Å². The largest absolute Gasteiger partial charge is 0.311 e. The number of benzene rings is 7. The smallest absolute Gasteiger partial charge is 0.252 e. The summed E-state index contributed by atoms with van der Waals surface area (Å²) in [7, 11) is 0. The highest BCUT2D eigenvalue weighted by Gasteiger charge is 2.47. The molecule has 3 heteroatoms. The molecule has 0 aliphatic carbocycles. The molecular formula is C48H41BN2. The van der Waals surface area contributed by atoms with Gasteiger partial charge in [-0.05, 0) is 81.1 Å². The third kappa shape index (κ3) is 4.79. The molecule has 2 heterocycles. The van der Waals surface area contributed by atoms with Crippen LogP contribution in [0.25, 0.3) is 0 Å². The lowest BCUT2D eigenvalue weighted by molar-refractivity contribution is 0.641. The topological polar surface area (TPSA) is 6.48 Å². The van der Waals surface area contributed by atoms with Crippen molar-refractivity contribution in [3.05, 3.63) is 198 Å². The van der Waals surface area contributed by atoms with Gasteiger partial charge in [-0.2, -0.15) is 0 Å². The van der Waals surface area contributed by atoms with Crippen molar-refractivity contribution < 1.29 is 0 Å². The third-order valence-corrected chi connectivity index (χ3v) is 11.4. The van der Waals surface area contributed by atoms with Crippen molar-refractivity contribution in [2.24, 2.45) is 0 Å². The van der Waals surface area contributed by atoms with Crippen LogP contribution in [0.1, 0.15) is 49.9 Å². The van der Waals surface area contributed by atoms with Gasteiger partial charge in [-0.25, -0.2) is 0 Å². The van der Waals surface area contributed by atoms with Gasteiger partial charge in [0.05, 0.1) is 0 Å². The summed E-state index contributed by atoms with van der Waals surface area (Å²) in [4.78, 5) is 5.05. The Balaban J connectivity index is 1.41. The van der Waals surface area contributed by atoms with Gasteiger partial charge < -0.3 is 9.80 Å². The van der Waals surface area contributed by atoms with Crippen molar-refractivity contribution in [3.63, 3.8) is 0 Å². The zero-order valence-electron chi connectivity index (χ0n) is 29.7. The zero-order chi connectivity index (χ0) is 34.7. The van der Waals surface area contributed by atoms with Crippen LogP contribution in [0.4, 0.5) is 34.1 Å². The minimum Gasteiger partial charge on any atom is -0.311 e. The van der Waals surface area contributed by atoms with Crippen LogP contribution in [0.15, 0.2) is 176 Å². The average molecular weight is 657 g/mol. The van der Waals surface area contributed by atoms with Crippen LogP contribution in [0, 0.1) is 0 Å². The number of fused-ring (bicyclic) bond motifs is 4. The molecule has 0 atom stereocenters. The molecule has 0 bridgehead atoms. The summed E-state index contributed by atoms with van der Waals surface area (Å²) in [5, 5.41) is 0. The maximum Gasteiger partial charge on any atom is 0.252 e. The van der Waals surface area contributed by atoms with E-state index in [0.29, 0.717) is 0 Å². The quantitative estimate of drug-likeness (QED) is 0.164. The zero-order valence-corrected chi connectivity index (χ0v) is 29.7. The fraction of sp³-hybridized carbons (Fsp3) is 0.125. The molecule has 2 aliphatic rings. The number of para-hydroxylation sites is 3. The summed E-state index contributed by atoms with van der Waals surface area (Å²) in [6, 6.07) is 64.8. The maximum atomic E-state index is 2.55. The van der Waals surface area contributed by atoms with Gasteiger partial charge in [0.2, 0.25) is 0 Å². The van der Waals surface area contributed by atoms with E-state index in [-0.39, 0.29) is 17.5 Å². The van der Waals surface area contributed by atoms with E-state index in [1.54, 1.807) is 0 Å². The lowest BCUT2D eigenvalue weighted by Crippen LogP contribution is -2.63. The average Bonchev–Trinajstić information content (AvgIpc) is 3.18. The van der Waals surface area contributed by atoms with E-state index in [0.717, 1.165) is 11.4 Å². The first kappa shape index (κ1) is 31.2. The first-order chi connectivity index (χ1) is 24.9. The van der Waals surface area contributed by atoms with E-state index < -0.39 is 0 Å². The Labute approximate surface area is 302 Å². The normalized spacial score (nSPS) is 13.4. The summed E-state index contributed by atoms with van der Waals surface area (Å²) >= 11 is 0. The second-order valence-corrected chi connectivity index (χ2v) is 14.9. The SMILES string of the molecule is CC(C)(c1ccccc1)c1cccc2c1B1c3cccc(C(C)(C)c4ccccc4)c3N(c3ccccc3)c3cccc(c31)N2c1ccccc1. The van der Waals surface area contributed by atoms with Gasteiger partial charge >= 0.3 is 0 Å². The Kier molecular flexibility index (Phi) is 7.29. The molecule has 0 aromatic heterocycles. The van der Waals surface area contributed by atoms with Crippen LogP contribution < -0.4 is 26.2 Å². The molecule has 0 saturated heterocycles. The van der Waals surface area contributed by atoms with E-state index in [1.807, 2.05) is 0 Å². The van der Waals surface area contributed by atoms with Crippen molar-refractivity contribution in [1.82, 2.24) is 0 Å². The van der Waals surface area contributed by atoms with Crippen LogP contribution >= 0.6 is 0 Å². The van der Waals surface area contributed by atoms with Gasteiger partial charge in [-0.1, -0.05) is 161 Å². The Morgan fingerprint density at radius 2 is 0.784 bits per heavy atom. The van der Waals surface area contributed by atoms with Gasteiger partial charge in [-0.15, -0.1) is 0 Å². The number of hydrogen-bond donors (Lipinski definition) is 0. The van der Waals surface area contributed by atoms with Crippen molar-refractivity contribution >= 4 is 57.2 Å². The first-order valence-corrected chi connectivity index (χ1v) is 18.1. The summed E-state index contributed by atoms with van der Waals surface area (Å²) < 4.78 is 0. The molecule has 9 rings (SSSR count). The highest BCUT2D eigenvalue weighted by molar-refractivity contribution is 7.00. The standard InChI is InChI=1S/C48H41BN2/c1-47(2,34-20-9-5-10-21-34)38-28-18-31-41-44(38)49-40-30-17-29-39(48(3,4)35-22-11-6-12-23-35)46(40)51(37-26-15-8-16-27-37)43-33-19-32-42(45(43)49)50(41)36-24-13-7-14-25-36/h5-33H,1-4H3. The number of nitrogens with zero attached hydrogens (tertiary/aromatic N) is 2. The van der Waals surface area contributed by atoms with Gasteiger partial charge in [-0.3, -0.25) is 0 Å². The Bertz CT molecular complexity index is 2370. The van der Waals surface area contributed by atoms with Gasteiger partial charge in [0.15, 0.2) is 0 Å². The van der Waals surface area contributed by atoms with E-state index in [2.05, 4.69) is 213 Å². The Hall–Kier alpha value is -5.80. The predicted octanol–water partition coefficient (Wildman–Crippen LogP) is 10.4. The molecule has 0 saturated carbocycles. The summed E-state index contributed by atoms with van der Waals surface area (Å²) in [6.45, 7) is 9.56. The molecule has 0 amide bonds. The van der Waals surface area contributed by atoms with Crippen molar-refractivity contribution in [2.75, 3.05) is 9.80 Å². The fourth-order valence-electron chi connectivity index (χ4n) is 8.80. The van der Waals surface area contributed by atoms with Crippen LogP contribution in [0.2, 0.25) is 0 Å². The van der Waals surface area contributed by atoms with E-state index in [9.17, 15) is 0 Å². The molecule has 0 spiro atoms. The molecule has 246 valence electrons. The molecule has 7 aromatic carbocycles. The lowest BCUT2D eigenvalue weighted by atomic mass is 9.32. The predicted molar refractivity (Wildman–Crippen MR) is 218 cm³/mol. The molecule has 0 unspecified atom stereocenters. The van der Waals surface area contributed by atoms with E-state index in [1.165, 1.54) is 61.4 Å². The van der Waals surface area contributed by atoms with Crippen molar-refractivity contribution in [3.8, 4) is 0 Å². The summed E-state index contributed by atoms with van der Waals surface area (Å²) in [6.07, 6.45) is 0. The third-order valence-electron chi connectivity index (χ3n) is 11.4. The summed E-state index contributed by atoms with van der Waals surface area (Å²) in [5.41, 5.74) is 16.1. The fourth-order valence-corrected chi connectivity index (χ4v) is 8.80. The van der Waals surface area contributed by atoms with E-state index in [4.69, 9.17) is 0 Å². The van der Waals surface area contributed by atoms with Gasteiger partial charge in [0.25, 0.3) is 6.71 Å². The van der Waals surface area contributed by atoms with Crippen LogP contribution in [-0.4, -0.2) is 6.71 Å². The molecule has 51 heavy (non-hydrogen) atoms. The van der Waals surface area contributed by atoms with Gasteiger partial charge in [0.1, 0.15) is 0 Å². The molecule has 0 N–H and O–H groups in total. The lowest BCUT2D eigenvalue weighted by Gasteiger charge is -2.47. The van der Waals surface area contributed by atoms with E-state index >= 15 is 0 Å². The second-order valence-electron chi connectivity index (χ2n) is 14.9. The van der Waals surface area contributed by atoms with Crippen molar-refractivity contribution in [2.45, 2.75) is 38.5 Å². The first-order valence-electron chi connectivity index (χ1n) is 18.1. The minimum absolute atomic E-state index is 0.0202. The molecular weight excluding hydrogens is 615 g/mol.